The number of nitrogens with zero attached hydrogens (tertiary/aromatic N) is 4. The summed E-state index contributed by atoms with van der Waals surface area (Å²) in [5.74, 6) is 1.17. The average molecular weight is 562 g/mol. The maximum absolute atomic E-state index is 10.9. The van der Waals surface area contributed by atoms with E-state index in [0.29, 0.717) is 35.9 Å². The van der Waals surface area contributed by atoms with Crippen molar-refractivity contribution in [2.75, 3.05) is 18.9 Å². The second kappa shape index (κ2) is 8.82. The molecule has 1 aliphatic rings. The van der Waals surface area contributed by atoms with Crippen LogP contribution in [0.25, 0.3) is 11.2 Å². The first-order valence-corrected chi connectivity index (χ1v) is 12.5. The van der Waals surface area contributed by atoms with E-state index in [1.807, 2.05) is 10.6 Å². The van der Waals surface area contributed by atoms with Crippen LogP contribution in [-0.4, -0.2) is 45.6 Å². The van der Waals surface area contributed by atoms with Gasteiger partial charge in [-0.25, -0.2) is 15.0 Å². The van der Waals surface area contributed by atoms with Crippen molar-refractivity contribution in [2.24, 2.45) is 0 Å². The Kier molecular flexibility index (Phi) is 6.34. The number of hydrogen-bond acceptors (Lipinski definition) is 8. The Morgan fingerprint density at radius 1 is 1.37 bits per heavy atom. The Hall–Kier alpha value is -1.68. The SMILES string of the molecule is Nc1ncnc2c1nc(Sc1cc3c(cc1I)CCCO3)n2CCCNS(=O)(=O)O. The Balaban J connectivity index is 1.65. The van der Waals surface area contributed by atoms with Crippen molar-refractivity contribution >= 4 is 61.6 Å². The van der Waals surface area contributed by atoms with Gasteiger partial charge in [0.25, 0.3) is 0 Å². The second-order valence-corrected chi connectivity index (χ2v) is 10.1. The predicted octanol–water partition coefficient (Wildman–Crippen LogP) is 2.27. The maximum atomic E-state index is 10.9. The molecule has 1 aromatic carbocycles. The molecule has 4 rings (SSSR count). The quantitative estimate of drug-likeness (QED) is 0.224. The molecule has 0 aliphatic carbocycles. The van der Waals surface area contributed by atoms with Gasteiger partial charge < -0.3 is 15.0 Å². The molecule has 160 valence electrons. The van der Waals surface area contributed by atoms with E-state index in [9.17, 15) is 8.42 Å². The first kappa shape index (κ1) is 21.5. The number of benzene rings is 1. The minimum atomic E-state index is -4.23. The fourth-order valence-corrected chi connectivity index (χ4v) is 5.39. The molecule has 0 saturated heterocycles. The summed E-state index contributed by atoms with van der Waals surface area (Å²) in [6.07, 6.45) is 3.81. The number of halogens is 1. The largest absolute Gasteiger partial charge is 0.493 e. The van der Waals surface area contributed by atoms with E-state index in [1.165, 1.54) is 23.7 Å². The van der Waals surface area contributed by atoms with E-state index in [-0.39, 0.29) is 12.4 Å². The monoisotopic (exact) mass is 562 g/mol. The van der Waals surface area contributed by atoms with Crippen LogP contribution in [0.2, 0.25) is 0 Å². The van der Waals surface area contributed by atoms with Gasteiger partial charge in [0.2, 0.25) is 0 Å². The van der Waals surface area contributed by atoms with Crippen LogP contribution in [0.1, 0.15) is 18.4 Å². The molecule has 10 nitrogen and oxygen atoms in total. The zero-order valence-electron chi connectivity index (χ0n) is 15.7. The number of rotatable bonds is 7. The van der Waals surface area contributed by atoms with Crippen molar-refractivity contribution in [1.29, 1.82) is 0 Å². The zero-order chi connectivity index (χ0) is 21.3. The number of nitrogens with one attached hydrogen (secondary N) is 1. The number of nitrogens with two attached hydrogens (primary N) is 1. The number of aromatic nitrogens is 4. The molecule has 30 heavy (non-hydrogen) atoms. The van der Waals surface area contributed by atoms with E-state index >= 15 is 0 Å². The van der Waals surface area contributed by atoms with Crippen LogP contribution in [0, 0.1) is 3.57 Å². The van der Waals surface area contributed by atoms with Crippen LogP contribution < -0.4 is 15.2 Å². The Bertz CT molecular complexity index is 1200. The summed E-state index contributed by atoms with van der Waals surface area (Å²) in [6.45, 7) is 1.21. The number of nitrogen functional groups attached to an aromatic ring is 1. The van der Waals surface area contributed by atoms with Crippen molar-refractivity contribution in [3.05, 3.63) is 27.6 Å². The highest BCUT2D eigenvalue weighted by Crippen LogP contribution is 2.38. The number of imidazole rings is 1. The van der Waals surface area contributed by atoms with Gasteiger partial charge in [0.05, 0.1) is 6.61 Å². The van der Waals surface area contributed by atoms with Gasteiger partial charge in [0.15, 0.2) is 22.1 Å². The van der Waals surface area contributed by atoms with Gasteiger partial charge in [0.1, 0.15) is 12.1 Å². The first-order valence-electron chi connectivity index (χ1n) is 9.13. The molecule has 0 fully saturated rings. The van der Waals surface area contributed by atoms with Crippen molar-refractivity contribution in [1.82, 2.24) is 24.2 Å². The molecule has 3 aromatic rings. The average Bonchev–Trinajstić information content (AvgIpc) is 3.04. The van der Waals surface area contributed by atoms with E-state index in [0.717, 1.165) is 27.1 Å². The standard InChI is InChI=1S/C17H19IN6O4S2/c18-11-7-10-3-1-6-28-12(10)8-13(11)29-17-23-14-15(19)20-9-21-16(14)24(17)5-2-4-22-30(25,26)27/h7-9,22H,1-6H2,(H2,19,20,21)(H,25,26,27). The third-order valence-corrected chi connectivity index (χ3v) is 7.41. The van der Waals surface area contributed by atoms with E-state index in [4.69, 9.17) is 15.0 Å². The molecule has 1 aliphatic heterocycles. The number of hydrogen-bond donors (Lipinski definition) is 3. The highest BCUT2D eigenvalue weighted by Gasteiger charge is 2.19. The van der Waals surface area contributed by atoms with E-state index in [2.05, 4.69) is 48.3 Å². The van der Waals surface area contributed by atoms with Gasteiger partial charge in [-0.3, -0.25) is 4.55 Å². The molecule has 3 heterocycles. The normalized spacial score (nSPS) is 13.9. The summed E-state index contributed by atoms with van der Waals surface area (Å²) < 4.78 is 41.5. The van der Waals surface area contributed by atoms with Crippen molar-refractivity contribution < 1.29 is 17.7 Å². The molecule has 0 saturated carbocycles. The maximum Gasteiger partial charge on any atom is 0.333 e. The summed E-state index contributed by atoms with van der Waals surface area (Å²) in [5.41, 5.74) is 8.25. The molecule has 0 spiro atoms. The third-order valence-electron chi connectivity index (χ3n) is 4.53. The molecule has 0 bridgehead atoms. The van der Waals surface area contributed by atoms with Crippen LogP contribution in [0.15, 0.2) is 28.5 Å². The van der Waals surface area contributed by atoms with Crippen LogP contribution in [-0.2, 0) is 23.3 Å². The van der Waals surface area contributed by atoms with Crippen LogP contribution in [0.5, 0.6) is 5.75 Å². The summed E-state index contributed by atoms with van der Waals surface area (Å²) >= 11 is 3.77. The predicted molar refractivity (Wildman–Crippen MR) is 121 cm³/mol. The first-order chi connectivity index (χ1) is 14.3. The van der Waals surface area contributed by atoms with Crippen molar-refractivity contribution in [3.8, 4) is 5.75 Å². The van der Waals surface area contributed by atoms with Crippen LogP contribution in [0.4, 0.5) is 5.82 Å². The Labute approximate surface area is 191 Å². The molecule has 0 radical (unpaired) electrons. The fraction of sp³-hybridized carbons (Fsp3) is 0.353. The summed E-state index contributed by atoms with van der Waals surface area (Å²) in [4.78, 5) is 13.9. The van der Waals surface area contributed by atoms with E-state index in [1.54, 1.807) is 0 Å². The number of aryl methyl sites for hydroxylation is 2. The van der Waals surface area contributed by atoms with Gasteiger partial charge in [-0.1, -0.05) is 11.8 Å². The molecule has 4 N–H and O–H groups in total. The van der Waals surface area contributed by atoms with Gasteiger partial charge in [0, 0.05) is 21.6 Å². The lowest BCUT2D eigenvalue weighted by Gasteiger charge is -2.19. The van der Waals surface area contributed by atoms with Gasteiger partial charge in [-0.05, 0) is 59.5 Å². The second-order valence-electron chi connectivity index (χ2n) is 6.64. The smallest absolute Gasteiger partial charge is 0.333 e. The lowest BCUT2D eigenvalue weighted by molar-refractivity contribution is 0.287. The minimum absolute atomic E-state index is 0.0768. The molecular weight excluding hydrogens is 543 g/mol. The number of anilines is 1. The lowest BCUT2D eigenvalue weighted by atomic mass is 10.1. The van der Waals surface area contributed by atoms with E-state index < -0.39 is 10.3 Å². The van der Waals surface area contributed by atoms with Crippen molar-refractivity contribution in [2.45, 2.75) is 35.9 Å². The summed E-state index contributed by atoms with van der Waals surface area (Å²) in [7, 11) is -4.23. The molecular formula is C17H19IN6O4S2. The topological polar surface area (TPSA) is 145 Å². The Morgan fingerprint density at radius 2 is 2.20 bits per heavy atom. The molecule has 2 aromatic heterocycles. The third kappa shape index (κ3) is 4.80. The van der Waals surface area contributed by atoms with Crippen LogP contribution >= 0.6 is 34.4 Å². The number of fused-ring (bicyclic) bond motifs is 2. The lowest BCUT2D eigenvalue weighted by Crippen LogP contribution is -2.24. The molecule has 13 heteroatoms. The molecule has 0 unspecified atom stereocenters. The molecule has 0 amide bonds. The number of ether oxygens (including phenoxy) is 1. The minimum Gasteiger partial charge on any atom is -0.493 e. The van der Waals surface area contributed by atoms with Gasteiger partial charge in [-0.2, -0.15) is 13.1 Å². The highest BCUT2D eigenvalue weighted by atomic mass is 127. The van der Waals surface area contributed by atoms with Crippen molar-refractivity contribution in [3.63, 3.8) is 0 Å². The summed E-state index contributed by atoms with van der Waals surface area (Å²) in [6, 6.07) is 4.16. The summed E-state index contributed by atoms with van der Waals surface area (Å²) in [5, 5.41) is 0.665. The van der Waals surface area contributed by atoms with Gasteiger partial charge >= 0.3 is 10.3 Å². The van der Waals surface area contributed by atoms with Gasteiger partial charge in [-0.15, -0.1) is 0 Å². The van der Waals surface area contributed by atoms with Crippen LogP contribution in [0.3, 0.4) is 0 Å². The highest BCUT2D eigenvalue weighted by molar-refractivity contribution is 14.1. The fourth-order valence-electron chi connectivity index (χ4n) is 3.18. The molecule has 0 atom stereocenters. The Morgan fingerprint density at radius 3 is 3.00 bits per heavy atom. The zero-order valence-corrected chi connectivity index (χ0v) is 19.5.